The van der Waals surface area contributed by atoms with E-state index in [1.54, 1.807) is 43.4 Å². The van der Waals surface area contributed by atoms with Crippen molar-refractivity contribution in [1.29, 1.82) is 0 Å². The maximum Gasteiger partial charge on any atom is 0.387 e. The monoisotopic (exact) mass is 428 g/mol. The van der Waals surface area contributed by atoms with Crippen LogP contribution in [0.15, 0.2) is 76.3 Å². The number of rotatable bonds is 8. The normalized spacial score (nSPS) is 11.3. The Labute approximate surface area is 178 Å². The summed E-state index contributed by atoms with van der Waals surface area (Å²) in [5.74, 6) is 0.485. The number of nitrogens with zero attached hydrogens (tertiary/aromatic N) is 1. The third-order valence-electron chi connectivity index (χ3n) is 4.25. The largest absolute Gasteiger partial charge is 0.459 e. The standard InChI is InChI=1S/C22H22F2N4O3/c1-25-22(27-14-16-7-2-3-9-18(16)31-21(23)24)26-13-15-6-4-8-17(12-15)28-20(29)19-10-5-11-30-19/h2-12,21H,13-14H2,1H3,(H,28,29)(H2,25,26,27). The molecule has 0 aliphatic rings. The van der Waals surface area contributed by atoms with Gasteiger partial charge in [-0.25, -0.2) is 0 Å². The summed E-state index contributed by atoms with van der Waals surface area (Å²) in [6.45, 7) is -2.21. The molecule has 0 fully saturated rings. The van der Waals surface area contributed by atoms with Crippen molar-refractivity contribution in [3.05, 3.63) is 83.8 Å². The van der Waals surface area contributed by atoms with Crippen molar-refractivity contribution < 1.29 is 22.7 Å². The van der Waals surface area contributed by atoms with Gasteiger partial charge in [0, 0.05) is 31.4 Å². The second-order valence-electron chi connectivity index (χ2n) is 6.40. The molecule has 3 aromatic rings. The van der Waals surface area contributed by atoms with Gasteiger partial charge in [0.15, 0.2) is 11.7 Å². The molecular formula is C22H22F2N4O3. The Morgan fingerprint density at radius 1 is 1.06 bits per heavy atom. The number of aliphatic imine (C=N–C) groups is 1. The van der Waals surface area contributed by atoms with Gasteiger partial charge in [-0.2, -0.15) is 8.78 Å². The molecule has 0 spiro atoms. The lowest BCUT2D eigenvalue weighted by Crippen LogP contribution is -2.36. The molecule has 31 heavy (non-hydrogen) atoms. The van der Waals surface area contributed by atoms with Crippen molar-refractivity contribution in [2.75, 3.05) is 12.4 Å². The number of para-hydroxylation sites is 1. The number of amides is 1. The van der Waals surface area contributed by atoms with Gasteiger partial charge >= 0.3 is 6.61 Å². The summed E-state index contributed by atoms with van der Waals surface area (Å²) in [6, 6.07) is 17.1. The first-order chi connectivity index (χ1) is 15.0. The summed E-state index contributed by atoms with van der Waals surface area (Å²) in [6.07, 6.45) is 1.44. The van der Waals surface area contributed by atoms with E-state index >= 15 is 0 Å². The molecular weight excluding hydrogens is 406 g/mol. The highest BCUT2D eigenvalue weighted by molar-refractivity contribution is 6.02. The molecule has 9 heteroatoms. The zero-order chi connectivity index (χ0) is 22.1. The summed E-state index contributed by atoms with van der Waals surface area (Å²) < 4.78 is 34.7. The minimum absolute atomic E-state index is 0.112. The van der Waals surface area contributed by atoms with Gasteiger partial charge in [-0.05, 0) is 35.9 Å². The minimum Gasteiger partial charge on any atom is -0.459 e. The number of hydrogen-bond donors (Lipinski definition) is 3. The highest BCUT2D eigenvalue weighted by Gasteiger charge is 2.10. The minimum atomic E-state index is -2.89. The Morgan fingerprint density at radius 3 is 2.61 bits per heavy atom. The van der Waals surface area contributed by atoms with Gasteiger partial charge in [-0.3, -0.25) is 9.79 Å². The van der Waals surface area contributed by atoms with Crippen molar-refractivity contribution in [2.45, 2.75) is 19.7 Å². The number of ether oxygens (including phenoxy) is 1. The number of alkyl halides is 2. The first-order valence-electron chi connectivity index (χ1n) is 9.46. The number of halogens is 2. The Balaban J connectivity index is 1.55. The van der Waals surface area contributed by atoms with Crippen molar-refractivity contribution in [2.24, 2.45) is 4.99 Å². The summed E-state index contributed by atoms with van der Waals surface area (Å²) in [4.78, 5) is 16.2. The fourth-order valence-electron chi connectivity index (χ4n) is 2.81. The summed E-state index contributed by atoms with van der Waals surface area (Å²) in [5.41, 5.74) is 2.11. The predicted octanol–water partition coefficient (Wildman–Crippen LogP) is 4.00. The van der Waals surface area contributed by atoms with Crippen molar-refractivity contribution in [1.82, 2.24) is 10.6 Å². The van der Waals surface area contributed by atoms with Crippen molar-refractivity contribution in [3.8, 4) is 5.75 Å². The van der Waals surface area contributed by atoms with E-state index in [2.05, 4.69) is 25.7 Å². The van der Waals surface area contributed by atoms with Gasteiger partial charge in [-0.15, -0.1) is 0 Å². The highest BCUT2D eigenvalue weighted by Crippen LogP contribution is 2.20. The smallest absolute Gasteiger partial charge is 0.387 e. The van der Waals surface area contributed by atoms with Crippen LogP contribution in [-0.2, 0) is 13.1 Å². The van der Waals surface area contributed by atoms with Gasteiger partial charge in [0.2, 0.25) is 0 Å². The Hall–Kier alpha value is -3.88. The van der Waals surface area contributed by atoms with Crippen LogP contribution in [0.3, 0.4) is 0 Å². The summed E-state index contributed by atoms with van der Waals surface area (Å²) >= 11 is 0. The van der Waals surface area contributed by atoms with E-state index in [0.717, 1.165) is 5.56 Å². The second kappa shape index (κ2) is 10.8. The zero-order valence-corrected chi connectivity index (χ0v) is 16.8. The first-order valence-corrected chi connectivity index (χ1v) is 9.46. The quantitative estimate of drug-likeness (QED) is 0.373. The van der Waals surface area contributed by atoms with Gasteiger partial charge in [-0.1, -0.05) is 30.3 Å². The van der Waals surface area contributed by atoms with Crippen molar-refractivity contribution >= 4 is 17.6 Å². The third kappa shape index (κ3) is 6.56. The number of carbonyl (C=O) groups excluding carboxylic acids is 1. The number of nitrogens with one attached hydrogen (secondary N) is 3. The van der Waals surface area contributed by atoms with Crippen LogP contribution in [0, 0.1) is 0 Å². The second-order valence-corrected chi connectivity index (χ2v) is 6.40. The van der Waals surface area contributed by atoms with E-state index in [0.29, 0.717) is 23.8 Å². The van der Waals surface area contributed by atoms with E-state index in [4.69, 9.17) is 4.42 Å². The van der Waals surface area contributed by atoms with Crippen LogP contribution >= 0.6 is 0 Å². The molecule has 0 bridgehead atoms. The van der Waals surface area contributed by atoms with Gasteiger partial charge in [0.1, 0.15) is 5.75 Å². The first kappa shape index (κ1) is 21.8. The van der Waals surface area contributed by atoms with Crippen molar-refractivity contribution in [3.63, 3.8) is 0 Å². The molecule has 1 aromatic heterocycles. The molecule has 1 heterocycles. The number of carbonyl (C=O) groups is 1. The van der Waals surface area contributed by atoms with Gasteiger partial charge in [0.05, 0.1) is 6.26 Å². The van der Waals surface area contributed by atoms with Crippen LogP contribution in [0.2, 0.25) is 0 Å². The number of benzene rings is 2. The molecule has 0 saturated heterocycles. The molecule has 0 radical (unpaired) electrons. The zero-order valence-electron chi connectivity index (χ0n) is 16.8. The van der Waals surface area contributed by atoms with Crippen LogP contribution in [0.25, 0.3) is 0 Å². The van der Waals surface area contributed by atoms with E-state index in [1.165, 1.54) is 12.3 Å². The molecule has 0 aliphatic carbocycles. The number of hydrogen-bond acceptors (Lipinski definition) is 4. The molecule has 3 rings (SSSR count). The van der Waals surface area contributed by atoms with Crippen LogP contribution in [-0.4, -0.2) is 25.5 Å². The van der Waals surface area contributed by atoms with Gasteiger partial charge in [0.25, 0.3) is 5.91 Å². The average Bonchev–Trinajstić information content (AvgIpc) is 3.30. The average molecular weight is 428 g/mol. The van der Waals surface area contributed by atoms with E-state index in [9.17, 15) is 13.6 Å². The summed E-state index contributed by atoms with van der Waals surface area (Å²) in [5, 5.41) is 8.98. The Kier molecular flexibility index (Phi) is 7.58. The fourth-order valence-corrected chi connectivity index (χ4v) is 2.81. The topological polar surface area (TPSA) is 87.9 Å². The van der Waals surface area contributed by atoms with E-state index < -0.39 is 6.61 Å². The molecule has 3 N–H and O–H groups in total. The third-order valence-corrected chi connectivity index (χ3v) is 4.25. The lowest BCUT2D eigenvalue weighted by Gasteiger charge is -2.15. The molecule has 0 saturated carbocycles. The van der Waals surface area contributed by atoms with E-state index in [1.807, 2.05) is 18.2 Å². The highest BCUT2D eigenvalue weighted by atomic mass is 19.3. The maximum atomic E-state index is 12.6. The number of anilines is 1. The van der Waals surface area contributed by atoms with Crippen LogP contribution < -0.4 is 20.7 Å². The lowest BCUT2D eigenvalue weighted by atomic mass is 10.2. The number of furan rings is 1. The molecule has 0 aliphatic heterocycles. The van der Waals surface area contributed by atoms with E-state index in [-0.39, 0.29) is 24.0 Å². The van der Waals surface area contributed by atoms with Crippen LogP contribution in [0.1, 0.15) is 21.7 Å². The Morgan fingerprint density at radius 2 is 1.87 bits per heavy atom. The summed E-state index contributed by atoms with van der Waals surface area (Å²) in [7, 11) is 1.61. The predicted molar refractivity (Wildman–Crippen MR) is 113 cm³/mol. The van der Waals surface area contributed by atoms with Crippen LogP contribution in [0.4, 0.5) is 14.5 Å². The fraction of sp³-hybridized carbons (Fsp3) is 0.182. The Bertz CT molecular complexity index is 1020. The maximum absolute atomic E-state index is 12.6. The molecule has 1 amide bonds. The molecule has 162 valence electrons. The molecule has 0 unspecified atom stereocenters. The lowest BCUT2D eigenvalue weighted by molar-refractivity contribution is -0.0504. The SMILES string of the molecule is CN=C(NCc1cccc(NC(=O)c2ccco2)c1)NCc1ccccc1OC(F)F. The van der Waals surface area contributed by atoms with Gasteiger partial charge < -0.3 is 25.1 Å². The molecule has 0 atom stereocenters. The van der Waals surface area contributed by atoms with Crippen LogP contribution in [0.5, 0.6) is 5.75 Å². The molecule has 7 nitrogen and oxygen atoms in total. The number of guanidine groups is 1. The molecule has 2 aromatic carbocycles.